The molecule has 1 aromatic rings. The quantitative estimate of drug-likeness (QED) is 0.394. The molecule has 12 N–H and O–H groups in total. The van der Waals surface area contributed by atoms with E-state index in [1.165, 1.54) is 12.2 Å². The summed E-state index contributed by atoms with van der Waals surface area (Å²) in [5.41, 5.74) is 0.631. The molecule has 0 saturated heterocycles. The zero-order chi connectivity index (χ0) is 8.81. The second-order valence-electron chi connectivity index (χ2n) is 1.89. The Morgan fingerprint density at radius 3 is 1.17 bits per heavy atom. The Bertz CT molecular complexity index is 347. The summed E-state index contributed by atoms with van der Waals surface area (Å²) in [7, 11) is 0. The first-order valence-electron chi connectivity index (χ1n) is 3.13. The molecule has 0 amide bonds. The van der Waals surface area contributed by atoms with Gasteiger partial charge in [0.25, 0.3) is 0 Å². The highest BCUT2D eigenvalue weighted by atomic mass is 16.1. The molecule has 0 bridgehead atoms. The summed E-state index contributed by atoms with van der Waals surface area (Å²) in [6, 6.07) is 6.47. The first-order valence-corrected chi connectivity index (χ1v) is 3.13. The number of hydrogen-bond acceptors (Lipinski definition) is 4. The monoisotopic (exact) mass is 268 g/mol. The van der Waals surface area contributed by atoms with Crippen LogP contribution in [0.25, 0.3) is 0 Å². The lowest BCUT2D eigenvalue weighted by Gasteiger charge is -1.92. The van der Waals surface area contributed by atoms with Crippen molar-refractivity contribution in [3.63, 3.8) is 0 Å². The molecule has 0 fully saturated rings. The lowest BCUT2D eigenvalue weighted by molar-refractivity contribution is 0.564. The zero-order valence-corrected chi connectivity index (χ0v) is 9.02. The van der Waals surface area contributed by atoms with Crippen molar-refractivity contribution in [2.75, 3.05) is 0 Å². The molecule has 1 rings (SSSR count). The molecule has 0 unspecified atom stereocenters. The zero-order valence-electron chi connectivity index (χ0n) is 9.02. The number of nitrogens with zero attached hydrogens (tertiary/aromatic N) is 2. The molecule has 0 aliphatic rings. The minimum atomic E-state index is 0. The van der Waals surface area contributed by atoms with Crippen LogP contribution in [0.15, 0.2) is 34.3 Å². The normalized spacial score (nSPS) is 5.33. The van der Waals surface area contributed by atoms with Crippen LogP contribution < -0.4 is 0 Å². The predicted molar refractivity (Wildman–Crippen MR) is 63.7 cm³/mol. The second-order valence-corrected chi connectivity index (χ2v) is 1.89. The van der Waals surface area contributed by atoms with Crippen LogP contribution in [-0.2, 0) is 9.59 Å². The van der Waals surface area contributed by atoms with Crippen LogP contribution in [0.1, 0.15) is 0 Å². The molecule has 10 heteroatoms. The molecule has 18 heavy (non-hydrogen) atoms. The Morgan fingerprint density at radius 2 is 0.944 bits per heavy atom. The maximum Gasteiger partial charge on any atom is 0.240 e. The van der Waals surface area contributed by atoms with E-state index in [-0.39, 0.29) is 32.9 Å². The first-order chi connectivity index (χ1) is 5.88. The number of para-hydroxylation sites is 2. The van der Waals surface area contributed by atoms with Crippen LogP contribution in [0.3, 0.4) is 0 Å². The van der Waals surface area contributed by atoms with Crippen LogP contribution in [0, 0.1) is 0 Å². The average molecular weight is 268 g/mol. The van der Waals surface area contributed by atoms with Gasteiger partial charge in [-0.1, -0.05) is 12.1 Å². The summed E-state index contributed by atoms with van der Waals surface area (Å²) in [5, 5.41) is 0. The minimum absolute atomic E-state index is 0. The lowest BCUT2D eigenvalue weighted by atomic mass is 10.3. The first kappa shape index (κ1) is 36.0. The minimum Gasteiger partial charge on any atom is -0.412 e. The van der Waals surface area contributed by atoms with Gasteiger partial charge in [0.1, 0.15) is 11.4 Å². The average Bonchev–Trinajstić information content (AvgIpc) is 2.09. The maximum absolute atomic E-state index is 9.90. The van der Waals surface area contributed by atoms with Crippen LogP contribution in [-0.4, -0.2) is 45.0 Å². The van der Waals surface area contributed by atoms with Gasteiger partial charge in [-0.15, -0.1) is 0 Å². The number of aliphatic imine (C=N–C) groups is 2. The maximum atomic E-state index is 9.90. The van der Waals surface area contributed by atoms with Crippen molar-refractivity contribution >= 4 is 23.5 Å². The van der Waals surface area contributed by atoms with Gasteiger partial charge < -0.3 is 32.9 Å². The van der Waals surface area contributed by atoms with Gasteiger partial charge in [-0.3, -0.25) is 0 Å². The number of isocyanates is 2. The fourth-order valence-electron chi connectivity index (χ4n) is 0.752. The van der Waals surface area contributed by atoms with Gasteiger partial charge in [-0.2, -0.15) is 9.98 Å². The van der Waals surface area contributed by atoms with Crippen LogP contribution in [0.4, 0.5) is 11.4 Å². The Morgan fingerprint density at radius 1 is 0.667 bits per heavy atom. The van der Waals surface area contributed by atoms with Crippen molar-refractivity contribution in [2.45, 2.75) is 0 Å². The molecular formula is C8H16N2O8. The molecule has 0 saturated carbocycles. The third-order valence-electron chi connectivity index (χ3n) is 1.21. The summed E-state index contributed by atoms with van der Waals surface area (Å²) in [4.78, 5) is 26.5. The standard InChI is InChI=1S/C8H4N2O2.6H2O/c11-5-9-7-3-1-2-4-8(7)10-6-12;;;;;;/h1-4H;6*1H2. The van der Waals surface area contributed by atoms with E-state index in [2.05, 4.69) is 9.98 Å². The summed E-state index contributed by atoms with van der Waals surface area (Å²) in [6.07, 6.45) is 2.74. The molecule has 0 atom stereocenters. The molecule has 0 aliphatic carbocycles. The van der Waals surface area contributed by atoms with Crippen molar-refractivity contribution in [1.29, 1.82) is 0 Å². The third kappa shape index (κ3) is 10.3. The van der Waals surface area contributed by atoms with Crippen LogP contribution in [0.5, 0.6) is 0 Å². The van der Waals surface area contributed by atoms with Gasteiger partial charge in [0.15, 0.2) is 0 Å². The van der Waals surface area contributed by atoms with Gasteiger partial charge in [0, 0.05) is 0 Å². The summed E-state index contributed by atoms with van der Waals surface area (Å²) >= 11 is 0. The highest BCUT2D eigenvalue weighted by Crippen LogP contribution is 2.25. The molecule has 1 aromatic carbocycles. The van der Waals surface area contributed by atoms with Gasteiger partial charge in [0.2, 0.25) is 12.2 Å². The highest BCUT2D eigenvalue weighted by Gasteiger charge is 1.96. The Labute approximate surface area is 101 Å². The number of rotatable bonds is 2. The van der Waals surface area contributed by atoms with Crippen molar-refractivity contribution in [3.8, 4) is 0 Å². The van der Waals surface area contributed by atoms with E-state index in [9.17, 15) is 9.59 Å². The molecule has 0 aliphatic heterocycles. The smallest absolute Gasteiger partial charge is 0.240 e. The summed E-state index contributed by atoms with van der Waals surface area (Å²) < 4.78 is 0. The second kappa shape index (κ2) is 20.2. The number of benzene rings is 1. The molecule has 0 aromatic heterocycles. The molecule has 106 valence electrons. The van der Waals surface area contributed by atoms with E-state index in [1.54, 1.807) is 24.3 Å². The molecule has 0 radical (unpaired) electrons. The fraction of sp³-hybridized carbons (Fsp3) is 0. The van der Waals surface area contributed by atoms with Crippen molar-refractivity contribution in [2.24, 2.45) is 9.98 Å². The summed E-state index contributed by atoms with van der Waals surface area (Å²) in [6.45, 7) is 0. The molecule has 0 heterocycles. The Balaban J connectivity index is -0.0000000600. The van der Waals surface area contributed by atoms with Gasteiger partial charge in [0.05, 0.1) is 0 Å². The number of carbonyl (C=O) groups excluding carboxylic acids is 2. The van der Waals surface area contributed by atoms with E-state index >= 15 is 0 Å². The fourth-order valence-corrected chi connectivity index (χ4v) is 0.752. The predicted octanol–water partition coefficient (Wildman–Crippen LogP) is -3.33. The Kier molecular flexibility index (Phi) is 40.4. The summed E-state index contributed by atoms with van der Waals surface area (Å²) in [5.74, 6) is 0. The molecule has 10 nitrogen and oxygen atoms in total. The largest absolute Gasteiger partial charge is 0.412 e. The lowest BCUT2D eigenvalue weighted by Crippen LogP contribution is -1.66. The van der Waals surface area contributed by atoms with E-state index < -0.39 is 0 Å². The molecule has 0 spiro atoms. The SMILES string of the molecule is O.O.O.O.O.O.O=C=Nc1ccccc1N=C=O. The van der Waals surface area contributed by atoms with Gasteiger partial charge in [-0.05, 0) is 12.1 Å². The van der Waals surface area contributed by atoms with Crippen molar-refractivity contribution in [3.05, 3.63) is 24.3 Å². The topological polar surface area (TPSA) is 248 Å². The van der Waals surface area contributed by atoms with Crippen molar-refractivity contribution in [1.82, 2.24) is 0 Å². The van der Waals surface area contributed by atoms with E-state index in [0.29, 0.717) is 11.4 Å². The molecular weight excluding hydrogens is 252 g/mol. The Hall–Kier alpha value is -2.26. The van der Waals surface area contributed by atoms with E-state index in [4.69, 9.17) is 0 Å². The van der Waals surface area contributed by atoms with E-state index in [0.717, 1.165) is 0 Å². The van der Waals surface area contributed by atoms with E-state index in [1.807, 2.05) is 0 Å². The van der Waals surface area contributed by atoms with Crippen LogP contribution in [0.2, 0.25) is 0 Å². The van der Waals surface area contributed by atoms with Crippen molar-refractivity contribution < 1.29 is 42.4 Å². The van der Waals surface area contributed by atoms with Gasteiger partial charge in [-0.25, -0.2) is 9.59 Å². The number of hydrogen-bond donors (Lipinski definition) is 0. The van der Waals surface area contributed by atoms with Gasteiger partial charge >= 0.3 is 0 Å². The van der Waals surface area contributed by atoms with Crippen LogP contribution >= 0.6 is 0 Å². The highest BCUT2D eigenvalue weighted by molar-refractivity contribution is 5.67. The third-order valence-corrected chi connectivity index (χ3v) is 1.21.